The lowest BCUT2D eigenvalue weighted by molar-refractivity contribution is -0.694. The SMILES string of the molecule is Cc1n(CCCOC(=O)C(c2ccccc2)C2(O)CC=CS2)cc[n+]1Cc1ccccc1.[Br-]. The number of hydrogen-bond donors (Lipinski definition) is 1. The van der Waals surface area contributed by atoms with E-state index in [4.69, 9.17) is 4.74 Å². The van der Waals surface area contributed by atoms with E-state index in [1.165, 1.54) is 17.3 Å². The number of carbonyl (C=O) groups is 1. The van der Waals surface area contributed by atoms with Crippen molar-refractivity contribution in [1.82, 2.24) is 4.57 Å². The van der Waals surface area contributed by atoms with Gasteiger partial charge in [-0.1, -0.05) is 78.5 Å². The van der Waals surface area contributed by atoms with Gasteiger partial charge < -0.3 is 26.8 Å². The van der Waals surface area contributed by atoms with E-state index in [2.05, 4.69) is 52.7 Å². The van der Waals surface area contributed by atoms with Gasteiger partial charge in [-0.3, -0.25) is 4.79 Å². The third-order valence-corrected chi connectivity index (χ3v) is 6.98. The Bertz CT molecular complexity index is 1060. The summed E-state index contributed by atoms with van der Waals surface area (Å²) in [6, 6.07) is 19.8. The number of rotatable bonds is 9. The maximum atomic E-state index is 13.0. The molecule has 0 amide bonds. The molecule has 174 valence electrons. The summed E-state index contributed by atoms with van der Waals surface area (Å²) in [5.74, 6) is 0.0633. The Labute approximate surface area is 209 Å². The molecule has 2 aromatic carbocycles. The van der Waals surface area contributed by atoms with Gasteiger partial charge in [0.25, 0.3) is 5.82 Å². The summed E-state index contributed by atoms with van der Waals surface area (Å²) in [6.07, 6.45) is 7.18. The first-order chi connectivity index (χ1) is 15.6. The molecule has 3 aromatic rings. The van der Waals surface area contributed by atoms with Crippen LogP contribution in [0.5, 0.6) is 0 Å². The highest BCUT2D eigenvalue weighted by Crippen LogP contribution is 2.45. The van der Waals surface area contributed by atoms with E-state index in [0.29, 0.717) is 19.4 Å². The van der Waals surface area contributed by atoms with Crippen LogP contribution in [-0.4, -0.2) is 27.2 Å². The van der Waals surface area contributed by atoms with Crippen LogP contribution < -0.4 is 21.5 Å². The quantitative estimate of drug-likeness (QED) is 0.257. The minimum absolute atomic E-state index is 0. The molecule has 1 aliphatic rings. The van der Waals surface area contributed by atoms with Crippen molar-refractivity contribution in [3.8, 4) is 0 Å². The molecular formula is C26H29BrN2O3S. The van der Waals surface area contributed by atoms with Gasteiger partial charge in [0.1, 0.15) is 29.8 Å². The Hall–Kier alpha value is -2.35. The van der Waals surface area contributed by atoms with E-state index < -0.39 is 10.9 Å². The molecule has 7 heteroatoms. The molecule has 2 heterocycles. The number of aryl methyl sites for hydroxylation is 1. The first-order valence-electron chi connectivity index (χ1n) is 10.9. The third kappa shape index (κ3) is 6.16. The van der Waals surface area contributed by atoms with Crippen molar-refractivity contribution >= 4 is 17.7 Å². The minimum atomic E-state index is -1.20. The predicted octanol–water partition coefficient (Wildman–Crippen LogP) is 1.19. The van der Waals surface area contributed by atoms with E-state index >= 15 is 0 Å². The number of carbonyl (C=O) groups excluding carboxylic acids is 1. The molecule has 0 spiro atoms. The lowest BCUT2D eigenvalue weighted by atomic mass is 9.91. The lowest BCUT2D eigenvalue weighted by Gasteiger charge is -2.30. The summed E-state index contributed by atoms with van der Waals surface area (Å²) in [5, 5.41) is 12.9. The monoisotopic (exact) mass is 528 g/mol. The smallest absolute Gasteiger partial charge is 0.317 e. The van der Waals surface area contributed by atoms with Crippen molar-refractivity contribution in [1.29, 1.82) is 0 Å². The second-order valence-electron chi connectivity index (χ2n) is 8.06. The summed E-state index contributed by atoms with van der Waals surface area (Å²) < 4.78 is 10.0. The van der Waals surface area contributed by atoms with Crippen molar-refractivity contribution in [3.63, 3.8) is 0 Å². The second-order valence-corrected chi connectivity index (χ2v) is 9.27. The van der Waals surface area contributed by atoms with Crippen molar-refractivity contribution < 1.29 is 36.2 Å². The number of aliphatic hydroxyl groups is 1. The molecule has 1 N–H and O–H groups in total. The molecule has 2 atom stereocenters. The largest absolute Gasteiger partial charge is 1.00 e. The average Bonchev–Trinajstić information content (AvgIpc) is 3.39. The van der Waals surface area contributed by atoms with Crippen LogP contribution in [0.2, 0.25) is 0 Å². The molecule has 0 fully saturated rings. The highest BCUT2D eigenvalue weighted by Gasteiger charge is 2.44. The Morgan fingerprint density at radius 3 is 2.55 bits per heavy atom. The van der Waals surface area contributed by atoms with Crippen LogP contribution in [0.3, 0.4) is 0 Å². The van der Waals surface area contributed by atoms with Gasteiger partial charge in [0, 0.05) is 19.8 Å². The molecule has 1 aromatic heterocycles. The summed E-state index contributed by atoms with van der Waals surface area (Å²) in [6.45, 7) is 4.00. The van der Waals surface area contributed by atoms with Crippen LogP contribution in [0.1, 0.15) is 35.7 Å². The van der Waals surface area contributed by atoms with E-state index in [9.17, 15) is 9.90 Å². The molecule has 0 aliphatic carbocycles. The van der Waals surface area contributed by atoms with Crippen LogP contribution >= 0.6 is 11.8 Å². The maximum absolute atomic E-state index is 13.0. The fourth-order valence-electron chi connectivity index (χ4n) is 4.06. The summed E-state index contributed by atoms with van der Waals surface area (Å²) >= 11 is 1.28. The van der Waals surface area contributed by atoms with Crippen molar-refractivity contribution in [2.45, 2.75) is 43.7 Å². The molecular weight excluding hydrogens is 500 g/mol. The van der Waals surface area contributed by atoms with E-state index in [1.807, 2.05) is 47.9 Å². The minimum Gasteiger partial charge on any atom is -1.00 e. The Morgan fingerprint density at radius 1 is 1.18 bits per heavy atom. The van der Waals surface area contributed by atoms with Crippen molar-refractivity contribution in [2.24, 2.45) is 0 Å². The van der Waals surface area contributed by atoms with Crippen molar-refractivity contribution in [2.75, 3.05) is 6.61 Å². The van der Waals surface area contributed by atoms with E-state index in [0.717, 1.165) is 24.5 Å². The Morgan fingerprint density at radius 2 is 1.88 bits per heavy atom. The molecule has 4 rings (SSSR count). The number of nitrogens with zero attached hydrogens (tertiary/aromatic N) is 2. The van der Waals surface area contributed by atoms with Crippen molar-refractivity contribution in [3.05, 3.63) is 101 Å². The normalized spacial score (nSPS) is 18.0. The van der Waals surface area contributed by atoms with Gasteiger partial charge in [0.05, 0.1) is 13.2 Å². The van der Waals surface area contributed by atoms with Crippen LogP contribution in [0.15, 0.2) is 84.5 Å². The molecule has 2 unspecified atom stereocenters. The highest BCUT2D eigenvalue weighted by molar-refractivity contribution is 8.03. The number of aromatic nitrogens is 2. The number of esters is 1. The highest BCUT2D eigenvalue weighted by atomic mass is 79.9. The van der Waals surface area contributed by atoms with Crippen LogP contribution in [-0.2, 0) is 22.6 Å². The van der Waals surface area contributed by atoms with Gasteiger partial charge in [0.2, 0.25) is 0 Å². The zero-order valence-corrected chi connectivity index (χ0v) is 21.0. The standard InChI is InChI=1S/C26H29N2O3S.BrH/c1-21-27(16-17-28(21)20-22-10-4-2-5-11-22)15-9-18-31-25(29)24(23-12-6-3-7-13-23)26(30)14-8-19-32-26;/h2-8,10-13,16-17,19,24,30H,9,14-15,18,20H2,1H3;1H/q+1;/p-1. The van der Waals surface area contributed by atoms with Gasteiger partial charge in [-0.2, -0.15) is 0 Å². The summed E-state index contributed by atoms with van der Waals surface area (Å²) in [4.78, 5) is 11.8. The molecule has 0 saturated carbocycles. The molecule has 33 heavy (non-hydrogen) atoms. The molecule has 0 radical (unpaired) electrons. The number of ether oxygens (including phenoxy) is 1. The summed E-state index contributed by atoms with van der Waals surface area (Å²) in [7, 11) is 0. The van der Waals surface area contributed by atoms with Gasteiger partial charge in [-0.05, 0) is 16.5 Å². The second kappa shape index (κ2) is 11.7. The number of hydrogen-bond acceptors (Lipinski definition) is 4. The first kappa shape index (κ1) is 25.3. The van der Waals surface area contributed by atoms with E-state index in [1.54, 1.807) is 0 Å². The van der Waals surface area contributed by atoms with E-state index in [-0.39, 0.29) is 23.0 Å². The third-order valence-electron chi connectivity index (χ3n) is 5.84. The van der Waals surface area contributed by atoms with Gasteiger partial charge in [-0.25, -0.2) is 9.13 Å². The molecule has 0 bridgehead atoms. The molecule has 1 aliphatic heterocycles. The number of benzene rings is 2. The Balaban J connectivity index is 0.00000306. The fourth-order valence-corrected chi connectivity index (χ4v) is 5.05. The van der Waals surface area contributed by atoms with Crippen LogP contribution in [0.4, 0.5) is 0 Å². The number of halogens is 1. The predicted molar refractivity (Wildman–Crippen MR) is 126 cm³/mol. The van der Waals surface area contributed by atoms with Gasteiger partial charge >= 0.3 is 5.97 Å². The first-order valence-corrected chi connectivity index (χ1v) is 11.8. The average molecular weight is 530 g/mol. The summed E-state index contributed by atoms with van der Waals surface area (Å²) in [5.41, 5.74) is 2.04. The topological polar surface area (TPSA) is 55.3 Å². The van der Waals surface area contributed by atoms with Crippen LogP contribution in [0, 0.1) is 6.92 Å². The zero-order valence-electron chi connectivity index (χ0n) is 18.6. The fraction of sp³-hybridized carbons (Fsp3) is 0.308. The number of thioether (sulfide) groups is 1. The van der Waals surface area contributed by atoms with Crippen LogP contribution in [0.25, 0.3) is 0 Å². The maximum Gasteiger partial charge on any atom is 0.317 e. The van der Waals surface area contributed by atoms with Gasteiger partial charge in [0.15, 0.2) is 0 Å². The molecule has 5 nitrogen and oxygen atoms in total. The lowest BCUT2D eigenvalue weighted by Crippen LogP contribution is -3.00. The van der Waals surface area contributed by atoms with Gasteiger partial charge in [-0.15, -0.1) is 0 Å². The molecule has 0 saturated heterocycles. The Kier molecular flexibility index (Phi) is 8.95. The number of imidazole rings is 1. The zero-order chi connectivity index (χ0) is 22.4.